The topological polar surface area (TPSA) is 98.5 Å². The van der Waals surface area contributed by atoms with E-state index in [2.05, 4.69) is 36.8 Å². The Hall–Kier alpha value is -1.98. The molecule has 1 heterocycles. The molecular weight excluding hydrogens is 559 g/mol. The van der Waals surface area contributed by atoms with Gasteiger partial charge in [-0.25, -0.2) is 22.6 Å². The maximum atomic E-state index is 13.5. The molecule has 1 N–H and O–H groups in total. The lowest BCUT2D eigenvalue weighted by molar-refractivity contribution is -0.142. The van der Waals surface area contributed by atoms with E-state index in [0.717, 1.165) is 5.52 Å². The van der Waals surface area contributed by atoms with Crippen LogP contribution in [0, 0.1) is 0 Å². The number of rotatable bonds is 8. The van der Waals surface area contributed by atoms with Crippen molar-refractivity contribution in [2.75, 3.05) is 6.26 Å². The standard InChI is InChI=1S/C20H19Br2FN2O5S/c1-3-25-17-9-12(4-5-16(17)24-18(25)10-31(2,28)29)30-19-13(21)6-11(7-14(19)22)8-15(23)20(26)27/h4-7,9,15H,3,8,10H2,1-2H3,(H,26,27)/t15-/m0/s1. The maximum absolute atomic E-state index is 13.5. The van der Waals surface area contributed by atoms with Crippen LogP contribution in [0.2, 0.25) is 0 Å². The molecule has 11 heteroatoms. The third kappa shape index (κ3) is 5.64. The van der Waals surface area contributed by atoms with E-state index in [-0.39, 0.29) is 12.2 Å². The zero-order valence-corrected chi connectivity index (χ0v) is 20.6. The van der Waals surface area contributed by atoms with Crippen molar-refractivity contribution in [2.45, 2.75) is 31.8 Å². The molecule has 31 heavy (non-hydrogen) atoms. The number of imidazole rings is 1. The molecule has 0 amide bonds. The number of fused-ring (bicyclic) bond motifs is 1. The Labute approximate surface area is 195 Å². The van der Waals surface area contributed by atoms with Gasteiger partial charge in [0.2, 0.25) is 6.17 Å². The van der Waals surface area contributed by atoms with Crippen molar-refractivity contribution in [1.82, 2.24) is 9.55 Å². The van der Waals surface area contributed by atoms with Crippen LogP contribution in [0.15, 0.2) is 39.3 Å². The quantitative estimate of drug-likeness (QED) is 0.409. The minimum Gasteiger partial charge on any atom is -0.479 e. The summed E-state index contributed by atoms with van der Waals surface area (Å²) in [5.74, 6) is -0.272. The molecule has 0 aliphatic rings. The highest BCUT2D eigenvalue weighted by atomic mass is 79.9. The summed E-state index contributed by atoms with van der Waals surface area (Å²) in [6.45, 7) is 2.45. The van der Waals surface area contributed by atoms with Gasteiger partial charge in [-0.15, -0.1) is 0 Å². The Balaban J connectivity index is 1.93. The average Bonchev–Trinajstić information content (AvgIpc) is 2.98. The summed E-state index contributed by atoms with van der Waals surface area (Å²) in [6.07, 6.45) is -1.10. The number of aliphatic carboxylic acids is 1. The number of ether oxygens (including phenoxy) is 1. The predicted molar refractivity (Wildman–Crippen MR) is 122 cm³/mol. The van der Waals surface area contributed by atoms with Gasteiger partial charge in [-0.1, -0.05) is 0 Å². The van der Waals surface area contributed by atoms with Gasteiger partial charge in [0.05, 0.1) is 20.0 Å². The monoisotopic (exact) mass is 576 g/mol. The molecule has 0 unspecified atom stereocenters. The number of alkyl halides is 1. The SMILES string of the molecule is CCn1c(CS(C)(=O)=O)nc2ccc(Oc3c(Br)cc(C[C@H](F)C(=O)O)cc3Br)cc21. The fraction of sp³-hybridized carbons (Fsp3) is 0.300. The molecule has 1 atom stereocenters. The molecule has 1 aromatic heterocycles. The van der Waals surface area contributed by atoms with E-state index in [0.29, 0.717) is 43.9 Å². The number of benzene rings is 2. The van der Waals surface area contributed by atoms with Gasteiger partial charge in [-0.3, -0.25) is 0 Å². The summed E-state index contributed by atoms with van der Waals surface area (Å²) in [4.78, 5) is 15.2. The number of carboxylic acids is 1. The van der Waals surface area contributed by atoms with Crippen molar-refractivity contribution in [3.8, 4) is 11.5 Å². The summed E-state index contributed by atoms with van der Waals surface area (Å²) in [5.41, 5.74) is 1.89. The van der Waals surface area contributed by atoms with Gasteiger partial charge >= 0.3 is 5.97 Å². The molecular formula is C20H19Br2FN2O5S. The summed E-state index contributed by atoms with van der Waals surface area (Å²) in [6, 6.07) is 8.45. The highest BCUT2D eigenvalue weighted by molar-refractivity contribution is 9.11. The largest absolute Gasteiger partial charge is 0.479 e. The number of carboxylic acid groups (broad SMARTS) is 1. The highest BCUT2D eigenvalue weighted by Gasteiger charge is 2.19. The van der Waals surface area contributed by atoms with Crippen molar-refractivity contribution < 1.29 is 27.4 Å². The van der Waals surface area contributed by atoms with E-state index in [1.165, 1.54) is 6.26 Å². The molecule has 0 fully saturated rings. The highest BCUT2D eigenvalue weighted by Crippen LogP contribution is 2.39. The molecule has 0 saturated carbocycles. The van der Waals surface area contributed by atoms with Gasteiger partial charge in [0, 0.05) is 25.3 Å². The summed E-state index contributed by atoms with van der Waals surface area (Å²) in [5, 5.41) is 8.76. The van der Waals surface area contributed by atoms with Crippen LogP contribution in [0.1, 0.15) is 18.3 Å². The molecule has 7 nitrogen and oxygen atoms in total. The van der Waals surface area contributed by atoms with E-state index in [1.807, 2.05) is 11.5 Å². The smallest absolute Gasteiger partial charge is 0.338 e. The average molecular weight is 578 g/mol. The molecule has 0 saturated heterocycles. The van der Waals surface area contributed by atoms with Crippen LogP contribution in [0.5, 0.6) is 11.5 Å². The van der Waals surface area contributed by atoms with Gasteiger partial charge in [0.1, 0.15) is 17.3 Å². The van der Waals surface area contributed by atoms with E-state index in [4.69, 9.17) is 9.84 Å². The first-order chi connectivity index (χ1) is 14.5. The van der Waals surface area contributed by atoms with Gasteiger partial charge < -0.3 is 14.4 Å². The number of nitrogens with zero attached hydrogens (tertiary/aromatic N) is 2. The van der Waals surface area contributed by atoms with Crippen molar-refractivity contribution in [3.05, 3.63) is 50.7 Å². The van der Waals surface area contributed by atoms with Crippen molar-refractivity contribution >= 4 is 58.7 Å². The van der Waals surface area contributed by atoms with Gasteiger partial charge in [-0.05, 0) is 68.6 Å². The minimum absolute atomic E-state index is 0.157. The molecule has 0 bridgehead atoms. The molecule has 3 rings (SSSR count). The first-order valence-corrected chi connectivity index (χ1v) is 12.8. The lowest BCUT2D eigenvalue weighted by atomic mass is 10.1. The van der Waals surface area contributed by atoms with E-state index in [9.17, 15) is 17.6 Å². The van der Waals surface area contributed by atoms with Crippen LogP contribution < -0.4 is 4.74 Å². The molecule has 0 aliphatic carbocycles. The Kier molecular flexibility index (Phi) is 7.07. The van der Waals surface area contributed by atoms with Crippen LogP contribution in [-0.4, -0.2) is 41.5 Å². The van der Waals surface area contributed by atoms with Crippen LogP contribution in [0.3, 0.4) is 0 Å². The van der Waals surface area contributed by atoms with Crippen molar-refractivity contribution in [1.29, 1.82) is 0 Å². The molecule has 166 valence electrons. The summed E-state index contributed by atoms with van der Waals surface area (Å²) < 4.78 is 45.8. The third-order valence-corrected chi connectivity index (χ3v) is 6.43. The first kappa shape index (κ1) is 23.7. The van der Waals surface area contributed by atoms with Crippen LogP contribution in [0.4, 0.5) is 4.39 Å². The number of hydrogen-bond acceptors (Lipinski definition) is 5. The predicted octanol–water partition coefficient (Wildman–Crippen LogP) is 4.88. The normalized spacial score (nSPS) is 12.8. The fourth-order valence-electron chi connectivity index (χ4n) is 3.15. The molecule has 0 spiro atoms. The van der Waals surface area contributed by atoms with Crippen LogP contribution in [-0.2, 0) is 33.4 Å². The second kappa shape index (κ2) is 9.25. The number of carbonyl (C=O) groups is 1. The molecule has 0 radical (unpaired) electrons. The van der Waals surface area contributed by atoms with Gasteiger partial charge in [0.15, 0.2) is 15.6 Å². The summed E-state index contributed by atoms with van der Waals surface area (Å²) >= 11 is 6.78. The lowest BCUT2D eigenvalue weighted by Gasteiger charge is -2.13. The Morgan fingerprint density at radius 2 is 1.90 bits per heavy atom. The second-order valence-corrected chi connectivity index (χ2v) is 10.8. The first-order valence-electron chi connectivity index (χ1n) is 9.18. The Bertz CT molecular complexity index is 1240. The Morgan fingerprint density at radius 3 is 2.45 bits per heavy atom. The number of sulfone groups is 1. The minimum atomic E-state index is -3.24. The van der Waals surface area contributed by atoms with Crippen LogP contribution >= 0.6 is 31.9 Å². The van der Waals surface area contributed by atoms with Crippen molar-refractivity contribution in [3.63, 3.8) is 0 Å². The number of aryl methyl sites for hydroxylation is 1. The number of aromatic nitrogens is 2. The van der Waals surface area contributed by atoms with Gasteiger partial charge in [-0.2, -0.15) is 0 Å². The van der Waals surface area contributed by atoms with E-state index < -0.39 is 22.0 Å². The van der Waals surface area contributed by atoms with Gasteiger partial charge in [0.25, 0.3) is 0 Å². The summed E-state index contributed by atoms with van der Waals surface area (Å²) in [7, 11) is -3.24. The molecule has 3 aromatic rings. The second-order valence-electron chi connectivity index (χ2n) is 6.99. The Morgan fingerprint density at radius 1 is 1.26 bits per heavy atom. The number of hydrogen-bond donors (Lipinski definition) is 1. The van der Waals surface area contributed by atoms with E-state index >= 15 is 0 Å². The fourth-order valence-corrected chi connectivity index (χ4v) is 5.29. The molecule has 0 aliphatic heterocycles. The van der Waals surface area contributed by atoms with E-state index in [1.54, 1.807) is 30.3 Å². The van der Waals surface area contributed by atoms with Crippen LogP contribution in [0.25, 0.3) is 11.0 Å². The number of halogens is 3. The van der Waals surface area contributed by atoms with Crippen molar-refractivity contribution in [2.24, 2.45) is 0 Å². The zero-order valence-electron chi connectivity index (χ0n) is 16.6. The third-order valence-electron chi connectivity index (χ3n) is 4.47. The zero-order chi connectivity index (χ0) is 22.9. The maximum Gasteiger partial charge on any atom is 0.338 e. The molecule has 2 aromatic carbocycles. The lowest BCUT2D eigenvalue weighted by Crippen LogP contribution is -2.17.